The van der Waals surface area contributed by atoms with Gasteiger partial charge in [0.15, 0.2) is 0 Å². The molecule has 134 valence electrons. The van der Waals surface area contributed by atoms with Gasteiger partial charge in [-0.3, -0.25) is 0 Å². The molecule has 0 unspecified atom stereocenters. The SMILES string of the molecule is Cc1cc(OC2CCN(S(=O)(=O)Cc3ccccc3)CC2)cc(=O)o1. The standard InChI is InChI=1S/C18H21NO5S/c1-14-11-17(12-18(20)23-14)24-16-7-9-19(10-8-16)25(21,22)13-15-5-3-2-4-6-15/h2-6,11-12,16H,7-10,13H2,1H3. The maximum absolute atomic E-state index is 12.5. The molecule has 6 nitrogen and oxygen atoms in total. The highest BCUT2D eigenvalue weighted by Crippen LogP contribution is 2.22. The normalized spacial score (nSPS) is 16.7. The summed E-state index contributed by atoms with van der Waals surface area (Å²) in [7, 11) is -3.33. The van der Waals surface area contributed by atoms with Crippen LogP contribution < -0.4 is 10.4 Å². The van der Waals surface area contributed by atoms with E-state index in [4.69, 9.17) is 9.15 Å². The molecule has 7 heteroatoms. The Labute approximate surface area is 147 Å². The lowest BCUT2D eigenvalue weighted by atomic mass is 10.1. The second-order valence-electron chi connectivity index (χ2n) is 6.18. The van der Waals surface area contributed by atoms with Crippen LogP contribution in [0.25, 0.3) is 0 Å². The van der Waals surface area contributed by atoms with Gasteiger partial charge >= 0.3 is 5.63 Å². The first kappa shape index (κ1) is 17.7. The number of rotatable bonds is 5. The maximum Gasteiger partial charge on any atom is 0.339 e. The Bertz CT molecular complexity index is 868. The van der Waals surface area contributed by atoms with Gasteiger partial charge in [0.1, 0.15) is 17.6 Å². The van der Waals surface area contributed by atoms with Crippen molar-refractivity contribution in [3.63, 3.8) is 0 Å². The van der Waals surface area contributed by atoms with Gasteiger partial charge < -0.3 is 9.15 Å². The van der Waals surface area contributed by atoms with Crippen LogP contribution in [0, 0.1) is 6.92 Å². The molecule has 0 spiro atoms. The number of sulfonamides is 1. The van der Waals surface area contributed by atoms with Crippen molar-refractivity contribution in [2.75, 3.05) is 13.1 Å². The summed E-state index contributed by atoms with van der Waals surface area (Å²) in [5.74, 6) is 0.975. The zero-order valence-corrected chi connectivity index (χ0v) is 14.9. The number of hydrogen-bond donors (Lipinski definition) is 0. The first-order valence-corrected chi connectivity index (χ1v) is 9.83. The first-order valence-electron chi connectivity index (χ1n) is 8.22. The molecule has 0 bridgehead atoms. The third kappa shape index (κ3) is 4.70. The Morgan fingerprint density at radius 2 is 1.84 bits per heavy atom. The third-order valence-corrected chi connectivity index (χ3v) is 6.01. The van der Waals surface area contributed by atoms with Gasteiger partial charge in [0.05, 0.1) is 11.8 Å². The molecule has 1 aromatic carbocycles. The van der Waals surface area contributed by atoms with Crippen molar-refractivity contribution in [1.82, 2.24) is 4.31 Å². The van der Waals surface area contributed by atoms with Crippen LogP contribution in [0.1, 0.15) is 24.2 Å². The van der Waals surface area contributed by atoms with E-state index in [9.17, 15) is 13.2 Å². The molecule has 1 aromatic heterocycles. The minimum absolute atomic E-state index is 0.0122. The summed E-state index contributed by atoms with van der Waals surface area (Å²) in [6.45, 7) is 2.52. The average molecular weight is 363 g/mol. The fourth-order valence-electron chi connectivity index (χ4n) is 2.94. The summed E-state index contributed by atoms with van der Waals surface area (Å²) in [6.07, 6.45) is 1.07. The van der Waals surface area contributed by atoms with Crippen LogP contribution in [-0.4, -0.2) is 31.9 Å². The molecular formula is C18H21NO5S. The predicted octanol–water partition coefficient (Wildman–Crippen LogP) is 2.32. The monoisotopic (exact) mass is 363 g/mol. The van der Waals surface area contributed by atoms with E-state index in [0.717, 1.165) is 5.56 Å². The van der Waals surface area contributed by atoms with Crippen LogP contribution in [0.4, 0.5) is 0 Å². The van der Waals surface area contributed by atoms with Gasteiger partial charge in [0.25, 0.3) is 0 Å². The van der Waals surface area contributed by atoms with Gasteiger partial charge in [-0.15, -0.1) is 0 Å². The zero-order valence-electron chi connectivity index (χ0n) is 14.1. The number of aryl methyl sites for hydroxylation is 1. The topological polar surface area (TPSA) is 76.8 Å². The minimum Gasteiger partial charge on any atom is -0.490 e. The third-order valence-electron chi connectivity index (χ3n) is 4.16. The van der Waals surface area contributed by atoms with Gasteiger partial charge in [-0.25, -0.2) is 17.5 Å². The molecular weight excluding hydrogens is 342 g/mol. The van der Waals surface area contributed by atoms with Gasteiger partial charge in [-0.2, -0.15) is 0 Å². The Morgan fingerprint density at radius 1 is 1.16 bits per heavy atom. The second kappa shape index (κ2) is 7.41. The lowest BCUT2D eigenvalue weighted by Crippen LogP contribution is -2.42. The Kier molecular flexibility index (Phi) is 5.24. The Hall–Kier alpha value is -2.12. The number of benzene rings is 1. The van der Waals surface area contributed by atoms with Crippen molar-refractivity contribution >= 4 is 10.0 Å². The fraction of sp³-hybridized carbons (Fsp3) is 0.389. The van der Waals surface area contributed by atoms with E-state index >= 15 is 0 Å². The Balaban J connectivity index is 1.58. The van der Waals surface area contributed by atoms with E-state index in [2.05, 4.69) is 0 Å². The highest BCUT2D eigenvalue weighted by Gasteiger charge is 2.29. The van der Waals surface area contributed by atoms with Crippen molar-refractivity contribution < 1.29 is 17.6 Å². The Morgan fingerprint density at radius 3 is 2.48 bits per heavy atom. The average Bonchev–Trinajstić information content (AvgIpc) is 2.55. The van der Waals surface area contributed by atoms with Gasteiger partial charge in [0, 0.05) is 19.2 Å². The van der Waals surface area contributed by atoms with E-state index < -0.39 is 15.6 Å². The van der Waals surface area contributed by atoms with Crippen LogP contribution in [0.3, 0.4) is 0 Å². The molecule has 1 saturated heterocycles. The van der Waals surface area contributed by atoms with Crippen molar-refractivity contribution in [2.45, 2.75) is 31.6 Å². The summed E-state index contributed by atoms with van der Waals surface area (Å²) < 4.78 is 37.3. The van der Waals surface area contributed by atoms with Gasteiger partial charge in [-0.05, 0) is 25.3 Å². The molecule has 0 N–H and O–H groups in total. The lowest BCUT2D eigenvalue weighted by molar-refractivity contribution is 0.134. The van der Waals surface area contributed by atoms with Crippen LogP contribution in [0.15, 0.2) is 51.7 Å². The lowest BCUT2D eigenvalue weighted by Gasteiger charge is -2.31. The minimum atomic E-state index is -3.33. The number of nitrogens with zero attached hydrogens (tertiary/aromatic N) is 1. The highest BCUT2D eigenvalue weighted by atomic mass is 32.2. The van der Waals surface area contributed by atoms with Crippen LogP contribution in [-0.2, 0) is 15.8 Å². The molecule has 0 amide bonds. The second-order valence-corrected chi connectivity index (χ2v) is 8.15. The summed E-state index contributed by atoms with van der Waals surface area (Å²) in [4.78, 5) is 11.4. The summed E-state index contributed by atoms with van der Waals surface area (Å²) in [5.41, 5.74) is 0.338. The van der Waals surface area contributed by atoms with Gasteiger partial charge in [-0.1, -0.05) is 30.3 Å². The van der Waals surface area contributed by atoms with E-state index in [1.165, 1.54) is 10.4 Å². The maximum atomic E-state index is 12.5. The van der Waals surface area contributed by atoms with E-state index in [1.807, 2.05) is 30.3 Å². The molecule has 25 heavy (non-hydrogen) atoms. The predicted molar refractivity (Wildman–Crippen MR) is 94.0 cm³/mol. The van der Waals surface area contributed by atoms with Crippen molar-refractivity contribution in [3.8, 4) is 5.75 Å². The summed E-state index contributed by atoms with van der Waals surface area (Å²) in [6, 6.07) is 12.1. The van der Waals surface area contributed by atoms with Crippen molar-refractivity contribution in [2.24, 2.45) is 0 Å². The van der Waals surface area contributed by atoms with E-state index in [-0.39, 0.29) is 11.9 Å². The van der Waals surface area contributed by atoms with Crippen molar-refractivity contribution in [3.05, 3.63) is 64.2 Å². The largest absolute Gasteiger partial charge is 0.490 e. The first-order chi connectivity index (χ1) is 11.9. The molecule has 0 saturated carbocycles. The van der Waals surface area contributed by atoms with E-state index in [1.54, 1.807) is 13.0 Å². The molecule has 2 aromatic rings. The molecule has 0 atom stereocenters. The highest BCUT2D eigenvalue weighted by molar-refractivity contribution is 7.88. The van der Waals surface area contributed by atoms with Crippen LogP contribution in [0.2, 0.25) is 0 Å². The quantitative estimate of drug-likeness (QED) is 0.815. The zero-order chi connectivity index (χ0) is 17.9. The molecule has 0 radical (unpaired) electrons. The number of hydrogen-bond acceptors (Lipinski definition) is 5. The molecule has 3 rings (SSSR count). The molecule has 1 aliphatic heterocycles. The molecule has 1 aliphatic rings. The van der Waals surface area contributed by atoms with Gasteiger partial charge in [0.2, 0.25) is 10.0 Å². The van der Waals surface area contributed by atoms with Crippen LogP contribution >= 0.6 is 0 Å². The van der Waals surface area contributed by atoms with Crippen molar-refractivity contribution in [1.29, 1.82) is 0 Å². The molecule has 2 heterocycles. The number of ether oxygens (including phenoxy) is 1. The molecule has 0 aliphatic carbocycles. The summed E-state index contributed by atoms with van der Waals surface area (Å²) in [5, 5.41) is 0. The fourth-order valence-corrected chi connectivity index (χ4v) is 4.50. The van der Waals surface area contributed by atoms with E-state index in [0.29, 0.717) is 37.4 Å². The smallest absolute Gasteiger partial charge is 0.339 e. The number of piperidine rings is 1. The molecule has 1 fully saturated rings. The van der Waals surface area contributed by atoms with Crippen LogP contribution in [0.5, 0.6) is 5.75 Å². The summed E-state index contributed by atoms with van der Waals surface area (Å²) >= 11 is 0.